The summed E-state index contributed by atoms with van der Waals surface area (Å²) in [6, 6.07) is 9.42. The summed E-state index contributed by atoms with van der Waals surface area (Å²) in [6.07, 6.45) is 0.722. The molecule has 1 aromatic carbocycles. The first-order valence-corrected chi connectivity index (χ1v) is 10.9. The first-order valence-electron chi connectivity index (χ1n) is 8.17. The van der Waals surface area contributed by atoms with E-state index in [0.717, 1.165) is 6.42 Å². The Balaban J connectivity index is 1.37. The highest BCUT2D eigenvalue weighted by atomic mass is 32.2. The number of thioether (sulfide) groups is 1. The van der Waals surface area contributed by atoms with Crippen LogP contribution in [-0.2, 0) is 11.2 Å². The number of nitrogens with zero attached hydrogens (tertiary/aromatic N) is 2. The minimum Gasteiger partial charge on any atom is -0.337 e. The van der Waals surface area contributed by atoms with Crippen LogP contribution in [0.4, 0.5) is 20.0 Å². The van der Waals surface area contributed by atoms with Crippen molar-refractivity contribution in [3.05, 3.63) is 52.5 Å². The molecule has 0 saturated carbocycles. The van der Waals surface area contributed by atoms with Gasteiger partial charge in [0.2, 0.25) is 11.0 Å². The maximum atomic E-state index is 13.2. The maximum Gasteiger partial charge on any atom is 0.321 e. The van der Waals surface area contributed by atoms with Crippen LogP contribution < -0.4 is 16.0 Å². The zero-order valence-electron chi connectivity index (χ0n) is 14.5. The number of carbonyl (C=O) groups excluding carboxylic acids is 2. The summed E-state index contributed by atoms with van der Waals surface area (Å²) in [5, 5.41) is 18.2. The molecule has 146 valence electrons. The van der Waals surface area contributed by atoms with Crippen molar-refractivity contribution in [1.82, 2.24) is 20.8 Å². The van der Waals surface area contributed by atoms with Gasteiger partial charge in [-0.15, -0.1) is 21.5 Å². The molecule has 0 saturated heterocycles. The Labute approximate surface area is 172 Å². The van der Waals surface area contributed by atoms with E-state index in [4.69, 9.17) is 0 Å². The lowest BCUT2D eigenvalue weighted by Gasteiger charge is -2.05. The summed E-state index contributed by atoms with van der Waals surface area (Å²) in [5.41, 5.74) is 0.560. The molecular formula is C17H16FN5O2S3. The molecule has 2 aromatic heterocycles. The molecule has 0 aliphatic carbocycles. The first kappa shape index (κ1) is 20.2. The largest absolute Gasteiger partial charge is 0.337 e. The van der Waals surface area contributed by atoms with Crippen LogP contribution in [0.1, 0.15) is 4.88 Å². The van der Waals surface area contributed by atoms with Crippen LogP contribution in [0.2, 0.25) is 0 Å². The fourth-order valence-electron chi connectivity index (χ4n) is 2.10. The number of urea groups is 1. The van der Waals surface area contributed by atoms with E-state index in [-0.39, 0.29) is 11.6 Å². The van der Waals surface area contributed by atoms with E-state index in [0.29, 0.717) is 21.7 Å². The van der Waals surface area contributed by atoms with Gasteiger partial charge >= 0.3 is 6.03 Å². The molecule has 2 heterocycles. The monoisotopic (exact) mass is 437 g/mol. The highest BCUT2D eigenvalue weighted by molar-refractivity contribution is 8.01. The number of rotatable bonds is 8. The summed E-state index contributed by atoms with van der Waals surface area (Å²) >= 11 is 4.02. The SMILES string of the molecule is O=C(CSc1nnc(Nc2cccc(F)c2)s1)NC(=O)NCCc1cccs1. The van der Waals surface area contributed by atoms with E-state index in [1.54, 1.807) is 23.5 Å². The van der Waals surface area contributed by atoms with Gasteiger partial charge in [0.05, 0.1) is 5.75 Å². The van der Waals surface area contributed by atoms with Crippen LogP contribution >= 0.6 is 34.4 Å². The van der Waals surface area contributed by atoms with Crippen molar-refractivity contribution < 1.29 is 14.0 Å². The van der Waals surface area contributed by atoms with E-state index >= 15 is 0 Å². The summed E-state index contributed by atoms with van der Waals surface area (Å²) in [6.45, 7) is 0.457. The minimum absolute atomic E-state index is 0.0347. The van der Waals surface area contributed by atoms with Gasteiger partial charge in [0.1, 0.15) is 5.82 Å². The fourth-order valence-corrected chi connectivity index (χ4v) is 4.38. The molecule has 3 aromatic rings. The van der Waals surface area contributed by atoms with Crippen molar-refractivity contribution in [3.63, 3.8) is 0 Å². The molecule has 0 spiro atoms. The van der Waals surface area contributed by atoms with Gasteiger partial charge in [-0.05, 0) is 36.1 Å². The first-order chi connectivity index (χ1) is 13.6. The molecule has 0 aliphatic heterocycles. The molecule has 3 amide bonds. The molecule has 0 aliphatic rings. The maximum absolute atomic E-state index is 13.2. The van der Waals surface area contributed by atoms with Gasteiger partial charge in [0.15, 0.2) is 4.34 Å². The number of aromatic nitrogens is 2. The lowest BCUT2D eigenvalue weighted by molar-refractivity contribution is -0.117. The molecule has 11 heteroatoms. The summed E-state index contributed by atoms with van der Waals surface area (Å²) < 4.78 is 13.7. The second-order valence-corrected chi connectivity index (χ2v) is 8.66. The molecule has 28 heavy (non-hydrogen) atoms. The Bertz CT molecular complexity index is 933. The van der Waals surface area contributed by atoms with Crippen LogP contribution in [0.5, 0.6) is 0 Å². The highest BCUT2D eigenvalue weighted by Gasteiger charge is 2.11. The number of hydrogen-bond acceptors (Lipinski definition) is 8. The summed E-state index contributed by atoms with van der Waals surface area (Å²) in [4.78, 5) is 24.7. The Hall–Kier alpha value is -2.50. The van der Waals surface area contributed by atoms with Crippen molar-refractivity contribution in [2.45, 2.75) is 10.8 Å². The van der Waals surface area contributed by atoms with Crippen LogP contribution in [0.3, 0.4) is 0 Å². The molecule has 0 fully saturated rings. The second kappa shape index (κ2) is 10.2. The van der Waals surface area contributed by atoms with Crippen LogP contribution in [-0.4, -0.2) is 34.4 Å². The molecule has 3 N–H and O–H groups in total. The number of imide groups is 1. The predicted molar refractivity (Wildman–Crippen MR) is 110 cm³/mol. The number of carbonyl (C=O) groups is 2. The Morgan fingerprint density at radius 2 is 2.07 bits per heavy atom. The van der Waals surface area contributed by atoms with E-state index < -0.39 is 11.9 Å². The van der Waals surface area contributed by atoms with Gasteiger partial charge in [-0.2, -0.15) is 0 Å². The zero-order valence-corrected chi connectivity index (χ0v) is 16.9. The van der Waals surface area contributed by atoms with Crippen molar-refractivity contribution in [2.75, 3.05) is 17.6 Å². The van der Waals surface area contributed by atoms with Crippen molar-refractivity contribution in [2.24, 2.45) is 0 Å². The molecule has 0 unspecified atom stereocenters. The lowest BCUT2D eigenvalue weighted by Crippen LogP contribution is -2.41. The third kappa shape index (κ3) is 6.59. The summed E-state index contributed by atoms with van der Waals surface area (Å²) in [5.74, 6) is -0.740. The smallest absolute Gasteiger partial charge is 0.321 e. The molecule has 0 radical (unpaired) electrons. The van der Waals surface area contributed by atoms with Gasteiger partial charge in [-0.1, -0.05) is 35.2 Å². The van der Waals surface area contributed by atoms with Gasteiger partial charge in [-0.3, -0.25) is 10.1 Å². The number of hydrogen-bond donors (Lipinski definition) is 3. The van der Waals surface area contributed by atoms with E-state index in [9.17, 15) is 14.0 Å². The lowest BCUT2D eigenvalue weighted by atomic mass is 10.3. The standard InChI is InChI=1S/C17H16FN5O2S3/c18-11-3-1-4-12(9-11)20-16-22-23-17(28-16)27-10-14(24)21-15(25)19-7-6-13-5-2-8-26-13/h1-5,8-9H,6-7,10H2,(H,20,22)(H2,19,21,24,25). The fraction of sp³-hybridized carbons (Fsp3) is 0.176. The molecule has 0 atom stereocenters. The van der Waals surface area contributed by atoms with Gasteiger partial charge in [0.25, 0.3) is 0 Å². The number of benzene rings is 1. The Kier molecular flexibility index (Phi) is 7.34. The average molecular weight is 438 g/mol. The second-order valence-electron chi connectivity index (χ2n) is 5.43. The normalized spacial score (nSPS) is 10.5. The van der Waals surface area contributed by atoms with E-state index in [1.165, 1.54) is 40.1 Å². The molecule has 7 nitrogen and oxygen atoms in total. The van der Waals surface area contributed by atoms with Crippen LogP contribution in [0.15, 0.2) is 46.1 Å². The highest BCUT2D eigenvalue weighted by Crippen LogP contribution is 2.27. The van der Waals surface area contributed by atoms with Gasteiger partial charge in [0, 0.05) is 17.1 Å². The third-order valence-corrected chi connectivity index (χ3v) is 6.21. The quantitative estimate of drug-likeness (QED) is 0.466. The Morgan fingerprint density at radius 3 is 2.86 bits per heavy atom. The van der Waals surface area contributed by atoms with Crippen molar-refractivity contribution in [3.8, 4) is 0 Å². The number of anilines is 2. The molecule has 3 rings (SSSR count). The van der Waals surface area contributed by atoms with Crippen LogP contribution in [0, 0.1) is 5.82 Å². The molecular weight excluding hydrogens is 421 g/mol. The number of thiophene rings is 1. The van der Waals surface area contributed by atoms with Gasteiger partial charge < -0.3 is 10.6 Å². The Morgan fingerprint density at radius 1 is 1.18 bits per heavy atom. The number of amides is 3. The minimum atomic E-state index is -0.520. The third-order valence-electron chi connectivity index (χ3n) is 3.30. The topological polar surface area (TPSA) is 96.0 Å². The zero-order chi connectivity index (χ0) is 19.8. The number of halogens is 1. The van der Waals surface area contributed by atoms with E-state index in [2.05, 4.69) is 26.1 Å². The predicted octanol–water partition coefficient (Wildman–Crippen LogP) is 3.64. The molecule has 0 bridgehead atoms. The average Bonchev–Trinajstić information content (AvgIpc) is 3.32. The van der Waals surface area contributed by atoms with Gasteiger partial charge in [-0.25, -0.2) is 9.18 Å². The van der Waals surface area contributed by atoms with Crippen molar-refractivity contribution in [1.29, 1.82) is 0 Å². The number of nitrogens with one attached hydrogen (secondary N) is 3. The van der Waals surface area contributed by atoms with E-state index in [1.807, 2.05) is 17.5 Å². The summed E-state index contributed by atoms with van der Waals surface area (Å²) in [7, 11) is 0. The van der Waals surface area contributed by atoms with Crippen molar-refractivity contribution >= 4 is 57.2 Å². The van der Waals surface area contributed by atoms with Crippen LogP contribution in [0.25, 0.3) is 0 Å².